The minimum atomic E-state index is -0.583. The number of rotatable bonds is 2. The summed E-state index contributed by atoms with van der Waals surface area (Å²) in [4.78, 5) is 40.8. The third kappa shape index (κ3) is 2.15. The third-order valence-electron chi connectivity index (χ3n) is 7.59. The number of methoxy groups -OCH3 is 1. The van der Waals surface area contributed by atoms with Crippen molar-refractivity contribution < 1.29 is 19.1 Å². The molecule has 5 heteroatoms. The molecule has 2 bridgehead atoms. The summed E-state index contributed by atoms with van der Waals surface area (Å²) in [6.45, 7) is 2.10. The Hall–Kier alpha value is -3.73. The van der Waals surface area contributed by atoms with Gasteiger partial charge in [-0.05, 0) is 46.5 Å². The van der Waals surface area contributed by atoms with Gasteiger partial charge >= 0.3 is 5.97 Å². The molecule has 2 amide bonds. The zero-order valence-electron chi connectivity index (χ0n) is 17.7. The topological polar surface area (TPSA) is 63.7 Å². The molecule has 3 aromatic carbocycles. The second kappa shape index (κ2) is 6.39. The van der Waals surface area contributed by atoms with Gasteiger partial charge in [0, 0.05) is 11.3 Å². The highest BCUT2D eigenvalue weighted by molar-refractivity contribution is 6.23. The monoisotopic (exact) mass is 423 g/mol. The van der Waals surface area contributed by atoms with Gasteiger partial charge < -0.3 is 4.74 Å². The number of amides is 2. The number of hydrogen-bond acceptors (Lipinski definition) is 4. The van der Waals surface area contributed by atoms with Crippen molar-refractivity contribution in [1.29, 1.82) is 0 Å². The van der Waals surface area contributed by atoms with Crippen LogP contribution in [0, 0.1) is 11.8 Å². The van der Waals surface area contributed by atoms with E-state index in [0.29, 0.717) is 11.3 Å². The molecule has 2 atom stereocenters. The lowest BCUT2D eigenvalue weighted by Crippen LogP contribution is -2.51. The molecule has 1 saturated heterocycles. The van der Waals surface area contributed by atoms with Gasteiger partial charge in [-0.1, -0.05) is 55.5 Å². The van der Waals surface area contributed by atoms with Gasteiger partial charge in [0.15, 0.2) is 0 Å². The first-order valence-corrected chi connectivity index (χ1v) is 10.7. The van der Waals surface area contributed by atoms with Gasteiger partial charge in [-0.15, -0.1) is 0 Å². The highest BCUT2D eigenvalue weighted by Crippen LogP contribution is 2.64. The predicted molar refractivity (Wildman–Crippen MR) is 118 cm³/mol. The number of esters is 1. The predicted octanol–water partition coefficient (Wildman–Crippen LogP) is 4.04. The second-order valence-electron chi connectivity index (χ2n) is 8.91. The minimum Gasteiger partial charge on any atom is -0.465 e. The molecule has 0 saturated carbocycles. The molecule has 3 aliphatic carbocycles. The molecule has 1 fully saturated rings. The minimum absolute atomic E-state index is 0.148. The zero-order valence-corrected chi connectivity index (χ0v) is 17.7. The molecule has 32 heavy (non-hydrogen) atoms. The van der Waals surface area contributed by atoms with Crippen molar-refractivity contribution in [2.75, 3.05) is 12.0 Å². The fourth-order valence-electron chi connectivity index (χ4n) is 6.27. The van der Waals surface area contributed by atoms with Gasteiger partial charge in [0.2, 0.25) is 11.8 Å². The van der Waals surface area contributed by atoms with Crippen LogP contribution in [-0.4, -0.2) is 24.9 Å². The summed E-state index contributed by atoms with van der Waals surface area (Å²) in [5, 5.41) is 0. The molecule has 2 unspecified atom stereocenters. The van der Waals surface area contributed by atoms with E-state index in [1.165, 1.54) is 12.0 Å². The number of ether oxygens (including phenoxy) is 1. The number of imide groups is 1. The van der Waals surface area contributed by atoms with Crippen molar-refractivity contribution in [2.24, 2.45) is 11.8 Å². The number of hydrogen-bond donors (Lipinski definition) is 0. The molecule has 0 aromatic heterocycles. The van der Waals surface area contributed by atoms with Crippen LogP contribution in [0.25, 0.3) is 0 Å². The summed E-state index contributed by atoms with van der Waals surface area (Å²) in [6.07, 6.45) is 0. The lowest BCUT2D eigenvalue weighted by Gasteiger charge is -2.52. The lowest BCUT2D eigenvalue weighted by atomic mass is 9.48. The molecule has 1 aliphatic heterocycles. The van der Waals surface area contributed by atoms with E-state index in [0.717, 1.165) is 22.3 Å². The molecule has 1 heterocycles. The molecule has 4 aliphatic rings. The molecule has 158 valence electrons. The third-order valence-corrected chi connectivity index (χ3v) is 7.59. The normalized spacial score (nSPS) is 27.1. The standard InChI is InChI=1S/C27H21NO4/c1-27-19-9-5-3-7-17(19)21(18-8-4-6-10-20(18)27)22-23(27)25(30)28(24(22)29)16-13-11-15(12-14-16)26(31)32-2/h3-14,21-23H,1-2H3. The summed E-state index contributed by atoms with van der Waals surface area (Å²) < 4.78 is 4.76. The average Bonchev–Trinajstić information content (AvgIpc) is 3.10. The highest BCUT2D eigenvalue weighted by Gasteiger charge is 2.66. The van der Waals surface area contributed by atoms with E-state index in [4.69, 9.17) is 4.74 Å². The van der Waals surface area contributed by atoms with Crippen molar-refractivity contribution in [1.82, 2.24) is 0 Å². The summed E-state index contributed by atoms with van der Waals surface area (Å²) >= 11 is 0. The van der Waals surface area contributed by atoms with Crippen LogP contribution in [0.2, 0.25) is 0 Å². The number of carbonyl (C=O) groups is 3. The van der Waals surface area contributed by atoms with Crippen LogP contribution < -0.4 is 4.90 Å². The van der Waals surface area contributed by atoms with Gasteiger partial charge in [-0.2, -0.15) is 0 Å². The van der Waals surface area contributed by atoms with Crippen molar-refractivity contribution in [3.8, 4) is 0 Å². The fourth-order valence-corrected chi connectivity index (χ4v) is 6.27. The van der Waals surface area contributed by atoms with Crippen LogP contribution >= 0.6 is 0 Å². The molecule has 0 radical (unpaired) electrons. The Balaban J connectivity index is 1.52. The Kier molecular flexibility index (Phi) is 3.79. The number of carbonyl (C=O) groups excluding carboxylic acids is 3. The molecule has 0 spiro atoms. The van der Waals surface area contributed by atoms with Gasteiger partial charge in [0.05, 0.1) is 30.2 Å². The first-order chi connectivity index (χ1) is 15.5. The SMILES string of the molecule is COC(=O)c1ccc(N2C(=O)C3C4c5ccccc5C(C)(c5ccccc54)C3C2=O)cc1. The van der Waals surface area contributed by atoms with Gasteiger partial charge in [0.25, 0.3) is 0 Å². The van der Waals surface area contributed by atoms with Crippen molar-refractivity contribution >= 4 is 23.5 Å². The van der Waals surface area contributed by atoms with E-state index in [2.05, 4.69) is 31.2 Å². The van der Waals surface area contributed by atoms with E-state index < -0.39 is 23.2 Å². The Morgan fingerprint density at radius 1 is 0.844 bits per heavy atom. The van der Waals surface area contributed by atoms with Gasteiger partial charge in [0.1, 0.15) is 0 Å². The summed E-state index contributed by atoms with van der Waals surface area (Å²) in [6, 6.07) is 22.9. The maximum absolute atomic E-state index is 13.9. The maximum atomic E-state index is 13.9. The van der Waals surface area contributed by atoms with Gasteiger partial charge in [-0.3, -0.25) is 9.59 Å². The van der Waals surface area contributed by atoms with Crippen LogP contribution in [0.15, 0.2) is 72.8 Å². The zero-order chi connectivity index (χ0) is 22.2. The van der Waals surface area contributed by atoms with E-state index in [-0.39, 0.29) is 17.7 Å². The largest absolute Gasteiger partial charge is 0.465 e. The van der Waals surface area contributed by atoms with Crippen LogP contribution in [0.5, 0.6) is 0 Å². The molecular formula is C27H21NO4. The quantitative estimate of drug-likeness (QED) is 0.461. The van der Waals surface area contributed by atoms with Crippen LogP contribution in [0.1, 0.15) is 45.5 Å². The molecule has 5 nitrogen and oxygen atoms in total. The summed E-state index contributed by atoms with van der Waals surface area (Å²) in [7, 11) is 1.32. The van der Waals surface area contributed by atoms with E-state index in [1.807, 2.05) is 24.3 Å². The second-order valence-corrected chi connectivity index (χ2v) is 8.91. The summed E-state index contributed by atoms with van der Waals surface area (Å²) in [5.41, 5.74) is 4.82. The van der Waals surface area contributed by atoms with Crippen LogP contribution in [0.3, 0.4) is 0 Å². The Morgan fingerprint density at radius 2 is 1.41 bits per heavy atom. The Bertz CT molecular complexity index is 1260. The first kappa shape index (κ1) is 19.0. The van der Waals surface area contributed by atoms with Crippen molar-refractivity contribution in [3.05, 3.63) is 101 Å². The number of anilines is 1. The van der Waals surface area contributed by atoms with E-state index >= 15 is 0 Å². The van der Waals surface area contributed by atoms with Crippen molar-refractivity contribution in [3.63, 3.8) is 0 Å². The molecule has 0 N–H and O–H groups in total. The Morgan fingerprint density at radius 3 is 1.97 bits per heavy atom. The fraction of sp³-hybridized carbons (Fsp3) is 0.222. The van der Waals surface area contributed by atoms with E-state index in [1.54, 1.807) is 24.3 Å². The lowest BCUT2D eigenvalue weighted by molar-refractivity contribution is -0.123. The Labute approximate surface area is 185 Å². The molecule has 3 aromatic rings. The summed E-state index contributed by atoms with van der Waals surface area (Å²) in [5.74, 6) is -1.87. The molecular weight excluding hydrogens is 402 g/mol. The van der Waals surface area contributed by atoms with Crippen molar-refractivity contribution in [2.45, 2.75) is 18.3 Å². The van der Waals surface area contributed by atoms with Gasteiger partial charge in [-0.25, -0.2) is 9.69 Å². The maximum Gasteiger partial charge on any atom is 0.337 e. The smallest absolute Gasteiger partial charge is 0.337 e. The number of benzene rings is 3. The number of nitrogens with zero attached hydrogens (tertiary/aromatic N) is 1. The van der Waals surface area contributed by atoms with E-state index in [9.17, 15) is 14.4 Å². The van der Waals surface area contributed by atoms with Crippen LogP contribution in [0.4, 0.5) is 5.69 Å². The first-order valence-electron chi connectivity index (χ1n) is 10.7. The highest BCUT2D eigenvalue weighted by atomic mass is 16.5. The van der Waals surface area contributed by atoms with Crippen LogP contribution in [-0.2, 0) is 19.7 Å². The average molecular weight is 423 g/mol. The molecule has 7 rings (SSSR count).